The number of nitrogens with one attached hydrogen (secondary N) is 1. The quantitative estimate of drug-likeness (QED) is 0.919. The van der Waals surface area contributed by atoms with E-state index in [1.165, 1.54) is 12.5 Å². The lowest BCUT2D eigenvalue weighted by Crippen LogP contribution is -2.33. The largest absolute Gasteiger partial charge is 0.330 e. The molecule has 0 amide bonds. The van der Waals surface area contributed by atoms with Gasteiger partial charge in [-0.05, 0) is 24.2 Å². The monoisotopic (exact) mass is 290 g/mol. The number of nitrogens with zero attached hydrogens (tertiary/aromatic N) is 1. The zero-order chi connectivity index (χ0) is 12.3. The molecule has 2 rings (SSSR count). The standard InChI is InChI=1S/C10H14N2O2S3/c1-15-6-7-5-8(13)11-9(14)12(7)10-16-3-2-4-17-10/h5,10H,2-4,6H2,1H3,(H,11,13,14). The average Bonchev–Trinajstić information content (AvgIpc) is 2.30. The first kappa shape index (κ1) is 13.2. The van der Waals surface area contributed by atoms with Crippen molar-refractivity contribution in [1.82, 2.24) is 9.55 Å². The van der Waals surface area contributed by atoms with E-state index < -0.39 is 0 Å². The van der Waals surface area contributed by atoms with Gasteiger partial charge in [-0.15, -0.1) is 23.5 Å². The Balaban J connectivity index is 2.42. The minimum absolute atomic E-state index is 0.107. The molecule has 4 nitrogen and oxygen atoms in total. The summed E-state index contributed by atoms with van der Waals surface area (Å²) in [6, 6.07) is 1.54. The average molecular weight is 290 g/mol. The van der Waals surface area contributed by atoms with Crippen LogP contribution in [0.3, 0.4) is 0 Å². The van der Waals surface area contributed by atoms with Crippen LogP contribution in [0.15, 0.2) is 15.7 Å². The molecule has 7 heteroatoms. The van der Waals surface area contributed by atoms with Gasteiger partial charge < -0.3 is 0 Å². The van der Waals surface area contributed by atoms with E-state index in [-0.39, 0.29) is 16.0 Å². The van der Waals surface area contributed by atoms with Crippen molar-refractivity contribution in [2.75, 3.05) is 17.8 Å². The van der Waals surface area contributed by atoms with Gasteiger partial charge in [-0.3, -0.25) is 14.3 Å². The number of H-pyrrole nitrogens is 1. The van der Waals surface area contributed by atoms with E-state index in [2.05, 4.69) is 4.98 Å². The van der Waals surface area contributed by atoms with Crippen molar-refractivity contribution in [3.8, 4) is 0 Å². The highest BCUT2D eigenvalue weighted by atomic mass is 32.2. The van der Waals surface area contributed by atoms with E-state index in [4.69, 9.17) is 0 Å². The molecule has 1 saturated heterocycles. The fourth-order valence-electron chi connectivity index (χ4n) is 1.67. The van der Waals surface area contributed by atoms with Crippen LogP contribution in [0.25, 0.3) is 0 Å². The maximum absolute atomic E-state index is 11.9. The third-order valence-corrected chi connectivity index (χ3v) is 5.81. The molecule has 17 heavy (non-hydrogen) atoms. The van der Waals surface area contributed by atoms with Gasteiger partial charge in [0.1, 0.15) is 4.71 Å². The van der Waals surface area contributed by atoms with E-state index in [1.54, 1.807) is 39.9 Å². The van der Waals surface area contributed by atoms with Gasteiger partial charge in [-0.1, -0.05) is 0 Å². The Bertz CT molecular complexity index is 491. The number of hydrogen-bond donors (Lipinski definition) is 1. The van der Waals surface area contributed by atoms with Crippen LogP contribution in [0.4, 0.5) is 0 Å². The van der Waals surface area contributed by atoms with Crippen LogP contribution in [0, 0.1) is 0 Å². The zero-order valence-corrected chi connectivity index (χ0v) is 11.9. The smallest absolute Gasteiger partial charge is 0.275 e. The fraction of sp³-hybridized carbons (Fsp3) is 0.600. The SMILES string of the molecule is CSCc1cc(=O)[nH]c(=O)n1C1SCCCS1. The summed E-state index contributed by atoms with van der Waals surface area (Å²) in [5.74, 6) is 2.83. The molecule has 1 aromatic heterocycles. The molecule has 0 bridgehead atoms. The summed E-state index contributed by atoms with van der Waals surface area (Å²) in [5.41, 5.74) is 0.229. The highest BCUT2D eigenvalue weighted by Crippen LogP contribution is 2.39. The summed E-state index contributed by atoms with van der Waals surface area (Å²) in [4.78, 5) is 25.6. The number of thioether (sulfide) groups is 3. The van der Waals surface area contributed by atoms with E-state index in [9.17, 15) is 9.59 Å². The molecule has 0 spiro atoms. The van der Waals surface area contributed by atoms with Crippen LogP contribution in [-0.4, -0.2) is 27.3 Å². The molecule has 2 heterocycles. The summed E-state index contributed by atoms with van der Waals surface area (Å²) in [7, 11) is 0. The van der Waals surface area contributed by atoms with Crippen LogP contribution in [0.5, 0.6) is 0 Å². The molecule has 0 aromatic carbocycles. The molecular formula is C10H14N2O2S3. The van der Waals surface area contributed by atoms with E-state index in [1.807, 2.05) is 6.26 Å². The van der Waals surface area contributed by atoms with Gasteiger partial charge >= 0.3 is 5.69 Å². The fourth-order valence-corrected chi connectivity index (χ4v) is 5.12. The van der Waals surface area contributed by atoms with Gasteiger partial charge in [-0.25, -0.2) is 4.79 Å². The highest BCUT2D eigenvalue weighted by Gasteiger charge is 2.20. The molecule has 0 unspecified atom stereocenters. The van der Waals surface area contributed by atoms with Crippen molar-refractivity contribution in [1.29, 1.82) is 0 Å². The molecule has 1 aliphatic heterocycles. The van der Waals surface area contributed by atoms with E-state index in [0.717, 1.165) is 17.2 Å². The van der Waals surface area contributed by atoms with Gasteiger partial charge in [0, 0.05) is 17.5 Å². The van der Waals surface area contributed by atoms with Crippen LogP contribution >= 0.6 is 35.3 Å². The second-order valence-electron chi connectivity index (χ2n) is 3.64. The first-order valence-corrected chi connectivity index (χ1v) is 8.78. The summed E-state index contributed by atoms with van der Waals surface area (Å²) >= 11 is 5.16. The molecule has 0 saturated carbocycles. The highest BCUT2D eigenvalue weighted by molar-refractivity contribution is 8.16. The van der Waals surface area contributed by atoms with Gasteiger partial charge in [0.05, 0.1) is 0 Å². The van der Waals surface area contributed by atoms with Gasteiger partial charge in [-0.2, -0.15) is 11.8 Å². The topological polar surface area (TPSA) is 54.9 Å². The van der Waals surface area contributed by atoms with Gasteiger partial charge in [0.15, 0.2) is 0 Å². The predicted molar refractivity (Wildman–Crippen MR) is 77.1 cm³/mol. The summed E-state index contributed by atoms with van der Waals surface area (Å²) in [5, 5.41) is 0. The first-order chi connectivity index (χ1) is 8.22. The lowest BCUT2D eigenvalue weighted by molar-refractivity contribution is 0.730. The van der Waals surface area contributed by atoms with E-state index >= 15 is 0 Å². The number of hydrogen-bond acceptors (Lipinski definition) is 5. The Labute approximate surface area is 112 Å². The van der Waals surface area contributed by atoms with Crippen molar-refractivity contribution < 1.29 is 0 Å². The third-order valence-electron chi connectivity index (χ3n) is 2.37. The van der Waals surface area contributed by atoms with Crippen molar-refractivity contribution in [2.45, 2.75) is 16.9 Å². The zero-order valence-electron chi connectivity index (χ0n) is 9.47. The minimum Gasteiger partial charge on any atom is -0.275 e. The van der Waals surface area contributed by atoms with Crippen molar-refractivity contribution in [3.05, 3.63) is 32.6 Å². The van der Waals surface area contributed by atoms with Crippen LogP contribution in [0.1, 0.15) is 16.8 Å². The predicted octanol–water partition coefficient (Wildman–Crippen LogP) is 1.73. The molecule has 0 atom stereocenters. The molecule has 0 aliphatic carbocycles. The second-order valence-corrected chi connectivity index (χ2v) is 7.18. The van der Waals surface area contributed by atoms with Crippen molar-refractivity contribution >= 4 is 35.3 Å². The van der Waals surface area contributed by atoms with Gasteiger partial charge in [0.25, 0.3) is 5.56 Å². The van der Waals surface area contributed by atoms with Crippen molar-refractivity contribution in [3.63, 3.8) is 0 Å². The molecule has 1 fully saturated rings. The maximum Gasteiger partial charge on any atom is 0.330 e. The Morgan fingerprint density at radius 3 is 2.82 bits per heavy atom. The number of aromatic nitrogens is 2. The first-order valence-electron chi connectivity index (χ1n) is 5.29. The molecule has 1 aliphatic rings. The Kier molecular flexibility index (Phi) is 4.69. The molecule has 0 radical (unpaired) electrons. The normalized spacial score (nSPS) is 17.2. The van der Waals surface area contributed by atoms with Crippen LogP contribution in [0.2, 0.25) is 0 Å². The Hall–Kier alpha value is -0.270. The van der Waals surface area contributed by atoms with Crippen LogP contribution in [-0.2, 0) is 5.75 Å². The maximum atomic E-state index is 11.9. The lowest BCUT2D eigenvalue weighted by Gasteiger charge is -2.24. The Morgan fingerprint density at radius 1 is 1.47 bits per heavy atom. The molecular weight excluding hydrogens is 276 g/mol. The molecule has 94 valence electrons. The lowest BCUT2D eigenvalue weighted by atomic mass is 10.4. The second kappa shape index (κ2) is 6.06. The summed E-state index contributed by atoms with van der Waals surface area (Å²) in [6.07, 6.45) is 3.15. The Morgan fingerprint density at radius 2 is 2.18 bits per heavy atom. The summed E-state index contributed by atoms with van der Waals surface area (Å²) < 4.78 is 1.84. The number of rotatable bonds is 3. The third kappa shape index (κ3) is 3.14. The van der Waals surface area contributed by atoms with E-state index in [0.29, 0.717) is 5.75 Å². The summed E-state index contributed by atoms with van der Waals surface area (Å²) in [6.45, 7) is 0. The molecule has 1 N–H and O–H groups in total. The van der Waals surface area contributed by atoms with Gasteiger partial charge in [0.2, 0.25) is 0 Å². The minimum atomic E-state index is -0.305. The van der Waals surface area contributed by atoms with Crippen LogP contribution < -0.4 is 11.2 Å². The number of aromatic amines is 1. The molecule has 1 aromatic rings. The van der Waals surface area contributed by atoms with Crippen molar-refractivity contribution in [2.24, 2.45) is 0 Å².